The summed E-state index contributed by atoms with van der Waals surface area (Å²) in [6.45, 7) is 2.51. The lowest BCUT2D eigenvalue weighted by Gasteiger charge is -2.29. The molecule has 0 amide bonds. The molecule has 0 atom stereocenters. The highest BCUT2D eigenvalue weighted by Gasteiger charge is 2.22. The molecule has 3 N–H and O–H groups in total. The molecule has 0 unspecified atom stereocenters. The molecule has 0 radical (unpaired) electrons. The van der Waals surface area contributed by atoms with Crippen LogP contribution in [-0.2, 0) is 4.74 Å². The lowest BCUT2D eigenvalue weighted by molar-refractivity contribution is 0.122. The van der Waals surface area contributed by atoms with Crippen LogP contribution in [-0.4, -0.2) is 36.3 Å². The second-order valence-electron chi connectivity index (χ2n) is 4.96. The number of nitrogen functional groups attached to an aromatic ring is 1. The van der Waals surface area contributed by atoms with E-state index in [9.17, 15) is 5.26 Å². The maximum Gasteiger partial charge on any atom is 0.239 e. The van der Waals surface area contributed by atoms with Crippen LogP contribution in [0.2, 0.25) is 5.02 Å². The molecule has 1 aromatic heterocycles. The van der Waals surface area contributed by atoms with Crippen molar-refractivity contribution in [2.45, 2.75) is 0 Å². The molecule has 3 rings (SSSR count). The third-order valence-corrected chi connectivity index (χ3v) is 3.81. The Hall–Kier alpha value is -2.40. The molecule has 1 aliphatic heterocycles. The molecule has 1 aromatic carbocycles. The summed E-state index contributed by atoms with van der Waals surface area (Å²) in [6.07, 6.45) is 0. The van der Waals surface area contributed by atoms with E-state index in [1.807, 2.05) is 17.0 Å². The van der Waals surface area contributed by atoms with Crippen LogP contribution in [0.15, 0.2) is 24.3 Å². The van der Waals surface area contributed by atoms with Crippen molar-refractivity contribution >= 4 is 23.4 Å². The van der Waals surface area contributed by atoms with Gasteiger partial charge in [-0.3, -0.25) is 5.43 Å². The number of aromatic nitrogens is 2. The molecule has 0 bridgehead atoms. The highest BCUT2D eigenvalue weighted by molar-refractivity contribution is 6.30. The van der Waals surface area contributed by atoms with Crippen molar-refractivity contribution < 1.29 is 4.74 Å². The summed E-state index contributed by atoms with van der Waals surface area (Å²) < 4.78 is 5.36. The van der Waals surface area contributed by atoms with Gasteiger partial charge >= 0.3 is 0 Å². The SMILES string of the molecule is N#Cc1c(-c2ccc(Cl)cc2)nc(NN)nc1N1CCOCC1. The molecule has 0 aliphatic carbocycles. The van der Waals surface area contributed by atoms with E-state index < -0.39 is 0 Å². The van der Waals surface area contributed by atoms with Crippen molar-refractivity contribution in [3.8, 4) is 17.3 Å². The summed E-state index contributed by atoms with van der Waals surface area (Å²) in [5.74, 6) is 6.31. The van der Waals surface area contributed by atoms with Gasteiger partial charge in [0, 0.05) is 23.7 Å². The van der Waals surface area contributed by atoms with Crippen molar-refractivity contribution in [1.29, 1.82) is 5.26 Å². The van der Waals surface area contributed by atoms with E-state index >= 15 is 0 Å². The summed E-state index contributed by atoms with van der Waals surface area (Å²) in [5, 5.41) is 10.3. The van der Waals surface area contributed by atoms with Gasteiger partial charge in [-0.2, -0.15) is 10.2 Å². The molecule has 23 heavy (non-hydrogen) atoms. The highest BCUT2D eigenvalue weighted by Crippen LogP contribution is 2.30. The maximum absolute atomic E-state index is 9.64. The zero-order valence-electron chi connectivity index (χ0n) is 12.3. The van der Waals surface area contributed by atoms with Crippen molar-refractivity contribution in [2.24, 2.45) is 5.84 Å². The van der Waals surface area contributed by atoms with Crippen LogP contribution < -0.4 is 16.2 Å². The molecular weight excluding hydrogens is 316 g/mol. The van der Waals surface area contributed by atoms with Gasteiger partial charge in [0.15, 0.2) is 5.82 Å². The van der Waals surface area contributed by atoms with Gasteiger partial charge in [-0.05, 0) is 12.1 Å². The predicted molar refractivity (Wildman–Crippen MR) is 88.0 cm³/mol. The van der Waals surface area contributed by atoms with Crippen molar-refractivity contribution in [1.82, 2.24) is 9.97 Å². The molecule has 1 saturated heterocycles. The monoisotopic (exact) mass is 330 g/mol. The fraction of sp³-hybridized carbons (Fsp3) is 0.267. The first-order valence-electron chi connectivity index (χ1n) is 7.10. The van der Waals surface area contributed by atoms with Crippen LogP contribution in [0.25, 0.3) is 11.3 Å². The van der Waals surface area contributed by atoms with E-state index in [0.29, 0.717) is 48.4 Å². The number of nitrogens with two attached hydrogens (primary N) is 1. The highest BCUT2D eigenvalue weighted by atomic mass is 35.5. The van der Waals surface area contributed by atoms with Gasteiger partial charge in [0.05, 0.1) is 18.9 Å². The number of hydrogen-bond donors (Lipinski definition) is 2. The van der Waals surface area contributed by atoms with Crippen molar-refractivity contribution in [2.75, 3.05) is 36.6 Å². The predicted octanol–water partition coefficient (Wildman–Crippen LogP) is 1.79. The number of benzene rings is 1. The average molecular weight is 331 g/mol. The normalized spacial score (nSPS) is 14.4. The number of hydrazine groups is 1. The third kappa shape index (κ3) is 3.19. The molecule has 8 heteroatoms. The minimum atomic E-state index is 0.260. The van der Waals surface area contributed by atoms with Gasteiger partial charge in [-0.15, -0.1) is 0 Å². The smallest absolute Gasteiger partial charge is 0.239 e. The lowest BCUT2D eigenvalue weighted by Crippen LogP contribution is -2.37. The second-order valence-corrected chi connectivity index (χ2v) is 5.39. The Labute approximate surface area is 138 Å². The molecule has 1 fully saturated rings. The number of nitrogens with one attached hydrogen (secondary N) is 1. The van der Waals surface area contributed by atoms with Gasteiger partial charge in [0.1, 0.15) is 11.6 Å². The van der Waals surface area contributed by atoms with E-state index in [0.717, 1.165) is 5.56 Å². The maximum atomic E-state index is 9.64. The number of hydrogen-bond acceptors (Lipinski definition) is 7. The minimum absolute atomic E-state index is 0.260. The van der Waals surface area contributed by atoms with E-state index in [1.54, 1.807) is 12.1 Å². The van der Waals surface area contributed by atoms with E-state index in [2.05, 4.69) is 21.5 Å². The zero-order chi connectivity index (χ0) is 16.2. The molecular formula is C15H15ClN6O. The van der Waals surface area contributed by atoms with Crippen LogP contribution in [0.5, 0.6) is 0 Å². The van der Waals surface area contributed by atoms with Crippen LogP contribution >= 0.6 is 11.6 Å². The molecule has 118 valence electrons. The van der Waals surface area contributed by atoms with Crippen molar-refractivity contribution in [3.05, 3.63) is 34.9 Å². The molecule has 0 saturated carbocycles. The Bertz CT molecular complexity index is 737. The van der Waals surface area contributed by atoms with Crippen molar-refractivity contribution in [3.63, 3.8) is 0 Å². The fourth-order valence-electron chi connectivity index (χ4n) is 2.44. The van der Waals surface area contributed by atoms with Gasteiger partial charge in [0.25, 0.3) is 0 Å². The Balaban J connectivity index is 2.14. The number of halogens is 1. The first-order valence-corrected chi connectivity index (χ1v) is 7.48. The Morgan fingerprint density at radius 1 is 1.22 bits per heavy atom. The number of nitrogens with zero attached hydrogens (tertiary/aromatic N) is 4. The number of morpholine rings is 1. The van der Waals surface area contributed by atoms with E-state index in [4.69, 9.17) is 22.2 Å². The number of anilines is 2. The van der Waals surface area contributed by atoms with Crippen LogP contribution in [0, 0.1) is 11.3 Å². The van der Waals surface area contributed by atoms with Crippen LogP contribution in [0.4, 0.5) is 11.8 Å². The lowest BCUT2D eigenvalue weighted by atomic mass is 10.1. The molecule has 7 nitrogen and oxygen atoms in total. The van der Waals surface area contributed by atoms with Gasteiger partial charge < -0.3 is 9.64 Å². The fourth-order valence-corrected chi connectivity index (χ4v) is 2.56. The van der Waals surface area contributed by atoms with E-state index in [-0.39, 0.29) is 5.95 Å². The Kier molecular flexibility index (Phi) is 4.57. The number of ether oxygens (including phenoxy) is 1. The Morgan fingerprint density at radius 2 is 1.91 bits per heavy atom. The van der Waals surface area contributed by atoms with Crippen LogP contribution in [0.1, 0.15) is 5.56 Å². The Morgan fingerprint density at radius 3 is 2.52 bits per heavy atom. The topological polar surface area (TPSA) is 100 Å². The first kappa shape index (κ1) is 15.5. The summed E-state index contributed by atoms with van der Waals surface area (Å²) in [6, 6.07) is 9.35. The first-order chi connectivity index (χ1) is 11.2. The molecule has 0 spiro atoms. The van der Waals surface area contributed by atoms with Gasteiger partial charge in [0.2, 0.25) is 5.95 Å². The minimum Gasteiger partial charge on any atom is -0.378 e. The van der Waals surface area contributed by atoms with E-state index in [1.165, 1.54) is 0 Å². The average Bonchev–Trinajstić information content (AvgIpc) is 2.62. The zero-order valence-corrected chi connectivity index (χ0v) is 13.0. The standard InChI is InChI=1S/C15H15ClN6O/c16-11-3-1-10(2-4-11)13-12(9-17)14(20-15(19-13)21-18)22-5-7-23-8-6-22/h1-4H,5-8,18H2,(H,19,20,21). The quantitative estimate of drug-likeness (QED) is 0.653. The third-order valence-electron chi connectivity index (χ3n) is 3.56. The van der Waals surface area contributed by atoms with Gasteiger partial charge in [-0.1, -0.05) is 23.7 Å². The van der Waals surface area contributed by atoms with Crippen LogP contribution in [0.3, 0.4) is 0 Å². The summed E-state index contributed by atoms with van der Waals surface area (Å²) in [7, 11) is 0. The number of rotatable bonds is 3. The summed E-state index contributed by atoms with van der Waals surface area (Å²) >= 11 is 5.93. The summed E-state index contributed by atoms with van der Waals surface area (Å²) in [5.41, 5.74) is 4.17. The molecule has 2 aromatic rings. The number of nitriles is 1. The molecule has 1 aliphatic rings. The second kappa shape index (κ2) is 6.79. The summed E-state index contributed by atoms with van der Waals surface area (Å²) in [4.78, 5) is 10.7. The largest absolute Gasteiger partial charge is 0.378 e. The molecule has 2 heterocycles. The van der Waals surface area contributed by atoms with Gasteiger partial charge in [-0.25, -0.2) is 10.8 Å².